The van der Waals surface area contributed by atoms with Gasteiger partial charge in [0.1, 0.15) is 5.82 Å². The molecule has 1 aliphatic carbocycles. The van der Waals surface area contributed by atoms with Crippen molar-refractivity contribution < 1.29 is 9.18 Å². The van der Waals surface area contributed by atoms with Crippen LogP contribution in [0.3, 0.4) is 0 Å². The predicted molar refractivity (Wildman–Crippen MR) is 88.6 cm³/mol. The smallest absolute Gasteiger partial charge is 0.224 e. The number of carbonyl (C=O) groups excluding carboxylic acids is 1. The van der Waals surface area contributed by atoms with Gasteiger partial charge in [-0.05, 0) is 79.5 Å². The zero-order valence-electron chi connectivity index (χ0n) is 13.0. The van der Waals surface area contributed by atoms with Crippen LogP contribution in [0.25, 0.3) is 0 Å². The van der Waals surface area contributed by atoms with Crippen molar-refractivity contribution >= 4 is 11.6 Å². The molecule has 0 atom stereocenters. The number of pyridine rings is 1. The summed E-state index contributed by atoms with van der Waals surface area (Å²) in [5.41, 5.74) is 2.01. The molecular weight excluding hydrogens is 291 g/mol. The van der Waals surface area contributed by atoms with Gasteiger partial charge in [-0.15, -0.1) is 0 Å². The van der Waals surface area contributed by atoms with E-state index < -0.39 is 0 Å². The first-order valence-electron chi connectivity index (χ1n) is 8.16. The number of rotatable bonds is 4. The van der Waals surface area contributed by atoms with Gasteiger partial charge in [-0.2, -0.15) is 0 Å². The van der Waals surface area contributed by atoms with E-state index in [1.54, 1.807) is 12.1 Å². The first-order chi connectivity index (χ1) is 11.2. The second-order valence-corrected chi connectivity index (χ2v) is 6.26. The Labute approximate surface area is 135 Å². The van der Waals surface area contributed by atoms with Crippen molar-refractivity contribution in [2.75, 3.05) is 5.32 Å². The largest absolute Gasteiger partial charge is 0.326 e. The Bertz CT molecular complexity index is 634. The number of aromatic nitrogens is 1. The topological polar surface area (TPSA) is 42.0 Å². The summed E-state index contributed by atoms with van der Waals surface area (Å²) in [5.74, 6) is 0.754. The molecule has 2 aromatic rings. The van der Waals surface area contributed by atoms with E-state index in [-0.39, 0.29) is 11.7 Å². The van der Waals surface area contributed by atoms with Gasteiger partial charge in [-0.25, -0.2) is 4.39 Å². The fourth-order valence-electron chi connectivity index (χ4n) is 3.34. The molecule has 3 nitrogen and oxygen atoms in total. The minimum atomic E-state index is -0.294. The van der Waals surface area contributed by atoms with E-state index in [1.807, 2.05) is 12.4 Å². The van der Waals surface area contributed by atoms with Crippen LogP contribution < -0.4 is 5.32 Å². The van der Waals surface area contributed by atoms with Crippen LogP contribution in [-0.4, -0.2) is 10.9 Å². The lowest BCUT2D eigenvalue weighted by Crippen LogP contribution is -2.20. The quantitative estimate of drug-likeness (QED) is 0.901. The maximum Gasteiger partial charge on any atom is 0.224 e. The molecular formula is C19H21FN2O. The first-order valence-corrected chi connectivity index (χ1v) is 8.16. The van der Waals surface area contributed by atoms with Gasteiger partial charge in [-0.3, -0.25) is 9.78 Å². The number of anilines is 1. The lowest BCUT2D eigenvalue weighted by Gasteiger charge is -2.28. The van der Waals surface area contributed by atoms with E-state index in [0.29, 0.717) is 23.9 Å². The lowest BCUT2D eigenvalue weighted by molar-refractivity contribution is -0.117. The van der Waals surface area contributed by atoms with Crippen LogP contribution in [0, 0.1) is 11.7 Å². The third-order valence-electron chi connectivity index (χ3n) is 4.63. The number of amides is 1. The second-order valence-electron chi connectivity index (χ2n) is 6.26. The van der Waals surface area contributed by atoms with Crippen LogP contribution >= 0.6 is 0 Å². The van der Waals surface area contributed by atoms with Gasteiger partial charge in [0, 0.05) is 24.5 Å². The van der Waals surface area contributed by atoms with E-state index in [0.717, 1.165) is 25.7 Å². The van der Waals surface area contributed by atoms with Gasteiger partial charge >= 0.3 is 0 Å². The predicted octanol–water partition coefficient (Wildman–Crippen LogP) is 4.52. The summed E-state index contributed by atoms with van der Waals surface area (Å²) in [6.07, 6.45) is 8.63. The lowest BCUT2D eigenvalue weighted by atomic mass is 9.78. The van der Waals surface area contributed by atoms with Gasteiger partial charge in [0.25, 0.3) is 0 Å². The number of hydrogen-bond donors (Lipinski definition) is 1. The summed E-state index contributed by atoms with van der Waals surface area (Å²) in [5, 5.41) is 2.85. The van der Waals surface area contributed by atoms with Crippen LogP contribution in [0.1, 0.15) is 43.6 Å². The maximum absolute atomic E-state index is 12.9. The number of nitrogens with zero attached hydrogens (tertiary/aromatic N) is 1. The molecule has 3 rings (SSSR count). The standard InChI is InChI=1S/C19H21FN2O/c20-17-5-7-18(8-6-17)22-19(23)13-14-1-3-15(4-2-14)16-9-11-21-12-10-16/h5-12,14-15H,1-4,13H2,(H,22,23). The van der Waals surface area contributed by atoms with Crippen molar-refractivity contribution in [3.63, 3.8) is 0 Å². The van der Waals surface area contributed by atoms with Crippen molar-refractivity contribution in [3.8, 4) is 0 Å². The third kappa shape index (κ3) is 4.38. The summed E-state index contributed by atoms with van der Waals surface area (Å²) in [4.78, 5) is 16.2. The van der Waals surface area contributed by atoms with E-state index in [1.165, 1.54) is 17.7 Å². The Hall–Kier alpha value is -2.23. The second kappa shape index (κ2) is 7.36. The van der Waals surface area contributed by atoms with Gasteiger partial charge < -0.3 is 5.32 Å². The molecule has 1 amide bonds. The number of benzene rings is 1. The molecule has 120 valence electrons. The fourth-order valence-corrected chi connectivity index (χ4v) is 3.34. The molecule has 0 saturated heterocycles. The van der Waals surface area contributed by atoms with Crippen molar-refractivity contribution in [2.45, 2.75) is 38.0 Å². The van der Waals surface area contributed by atoms with Crippen LogP contribution in [-0.2, 0) is 4.79 Å². The highest BCUT2D eigenvalue weighted by molar-refractivity contribution is 5.90. The molecule has 1 aliphatic rings. The minimum absolute atomic E-state index is 0.0176. The number of nitrogens with one attached hydrogen (secondary N) is 1. The van der Waals surface area contributed by atoms with Crippen molar-refractivity contribution in [3.05, 3.63) is 60.2 Å². The molecule has 1 saturated carbocycles. The van der Waals surface area contributed by atoms with E-state index >= 15 is 0 Å². The molecule has 1 aromatic carbocycles. The zero-order chi connectivity index (χ0) is 16.1. The van der Waals surface area contributed by atoms with Gasteiger partial charge in [-0.1, -0.05) is 0 Å². The first kappa shape index (κ1) is 15.7. The SMILES string of the molecule is O=C(CC1CCC(c2ccncc2)CC1)Nc1ccc(F)cc1. The van der Waals surface area contributed by atoms with E-state index in [2.05, 4.69) is 22.4 Å². The normalized spacial score (nSPS) is 20.9. The summed E-state index contributed by atoms with van der Waals surface area (Å²) in [6, 6.07) is 10.1. The molecule has 4 heteroatoms. The van der Waals surface area contributed by atoms with Gasteiger partial charge in [0.2, 0.25) is 5.91 Å². The average molecular weight is 312 g/mol. The van der Waals surface area contributed by atoms with Crippen molar-refractivity contribution in [1.29, 1.82) is 0 Å². The van der Waals surface area contributed by atoms with Crippen molar-refractivity contribution in [2.24, 2.45) is 5.92 Å². The Morgan fingerprint density at radius 2 is 1.70 bits per heavy atom. The van der Waals surface area contributed by atoms with Gasteiger partial charge in [0.15, 0.2) is 0 Å². The number of hydrogen-bond acceptors (Lipinski definition) is 2. The van der Waals surface area contributed by atoms with Gasteiger partial charge in [0.05, 0.1) is 0 Å². The molecule has 0 spiro atoms. The Morgan fingerprint density at radius 3 is 2.35 bits per heavy atom. The number of halogens is 1. The highest BCUT2D eigenvalue weighted by atomic mass is 19.1. The maximum atomic E-state index is 12.9. The number of carbonyl (C=O) groups is 1. The Kier molecular flexibility index (Phi) is 5.01. The highest BCUT2D eigenvalue weighted by Crippen LogP contribution is 2.36. The molecule has 0 aliphatic heterocycles. The Morgan fingerprint density at radius 1 is 1.04 bits per heavy atom. The minimum Gasteiger partial charge on any atom is -0.326 e. The average Bonchev–Trinajstić information content (AvgIpc) is 2.58. The summed E-state index contributed by atoms with van der Waals surface area (Å²) in [7, 11) is 0. The summed E-state index contributed by atoms with van der Waals surface area (Å²) in [6.45, 7) is 0. The van der Waals surface area contributed by atoms with Crippen LogP contribution in [0.5, 0.6) is 0 Å². The summed E-state index contributed by atoms with van der Waals surface area (Å²) >= 11 is 0. The molecule has 1 fully saturated rings. The van der Waals surface area contributed by atoms with Crippen LogP contribution in [0.15, 0.2) is 48.8 Å². The highest BCUT2D eigenvalue weighted by Gasteiger charge is 2.24. The zero-order valence-corrected chi connectivity index (χ0v) is 13.0. The molecule has 0 unspecified atom stereocenters. The molecule has 23 heavy (non-hydrogen) atoms. The molecule has 0 bridgehead atoms. The van der Waals surface area contributed by atoms with Crippen LogP contribution in [0.2, 0.25) is 0 Å². The molecule has 0 radical (unpaired) electrons. The summed E-state index contributed by atoms with van der Waals surface area (Å²) < 4.78 is 12.9. The van der Waals surface area contributed by atoms with Crippen molar-refractivity contribution in [1.82, 2.24) is 4.98 Å². The fraction of sp³-hybridized carbons (Fsp3) is 0.368. The van der Waals surface area contributed by atoms with E-state index in [4.69, 9.17) is 0 Å². The third-order valence-corrected chi connectivity index (χ3v) is 4.63. The monoisotopic (exact) mass is 312 g/mol. The van der Waals surface area contributed by atoms with E-state index in [9.17, 15) is 9.18 Å². The van der Waals surface area contributed by atoms with Crippen LogP contribution in [0.4, 0.5) is 10.1 Å². The molecule has 1 N–H and O–H groups in total. The molecule has 1 heterocycles. The molecule has 1 aromatic heterocycles. The Balaban J connectivity index is 1.47.